The lowest BCUT2D eigenvalue weighted by atomic mass is 9.96. The highest BCUT2D eigenvalue weighted by Gasteiger charge is 2.54. The fraction of sp³-hybridized carbons (Fsp3) is 0.345. The lowest BCUT2D eigenvalue weighted by Gasteiger charge is -2.44. The molecule has 2 fully saturated rings. The topological polar surface area (TPSA) is 111 Å². The number of rotatable bonds is 7. The van der Waals surface area contributed by atoms with E-state index in [-0.39, 0.29) is 30.9 Å². The highest BCUT2D eigenvalue weighted by atomic mass is 16.5. The minimum Gasteiger partial charge on any atom is -0.493 e. The van der Waals surface area contributed by atoms with Gasteiger partial charge in [0.15, 0.2) is 11.5 Å². The van der Waals surface area contributed by atoms with Gasteiger partial charge in [0.2, 0.25) is 5.91 Å². The number of ether oxygens (including phenoxy) is 3. The summed E-state index contributed by atoms with van der Waals surface area (Å²) in [5.41, 5.74) is -0.0630. The Hall–Kier alpha value is -4.31. The summed E-state index contributed by atoms with van der Waals surface area (Å²) >= 11 is 0. The van der Waals surface area contributed by atoms with Gasteiger partial charge in [-0.25, -0.2) is 0 Å². The summed E-state index contributed by atoms with van der Waals surface area (Å²) in [6.45, 7) is 0.974. The van der Waals surface area contributed by atoms with Gasteiger partial charge in [0.25, 0.3) is 11.8 Å². The molecule has 5 rings (SSSR count). The van der Waals surface area contributed by atoms with Crippen LogP contribution in [0.15, 0.2) is 71.3 Å². The van der Waals surface area contributed by atoms with E-state index in [1.54, 1.807) is 64.4 Å². The van der Waals surface area contributed by atoms with Gasteiger partial charge >= 0.3 is 0 Å². The number of nitrogens with one attached hydrogen (secondary N) is 1. The molecule has 3 aromatic rings. The molecule has 10 heteroatoms. The van der Waals surface area contributed by atoms with Gasteiger partial charge in [-0.3, -0.25) is 19.3 Å². The SMILES string of the molecule is COc1ccc(C(=O)N2CCC3(CC2)OC[C@H](C(=O)NCc2ccco2)N3C(=O)c2ccccc2)cc1OC. The van der Waals surface area contributed by atoms with Crippen LogP contribution in [0.4, 0.5) is 0 Å². The number of furan rings is 1. The maximum Gasteiger partial charge on any atom is 0.256 e. The summed E-state index contributed by atoms with van der Waals surface area (Å²) in [6, 6.07) is 16.6. The molecular formula is C29H31N3O7. The smallest absolute Gasteiger partial charge is 0.256 e. The van der Waals surface area contributed by atoms with Gasteiger partial charge in [-0.1, -0.05) is 18.2 Å². The first-order chi connectivity index (χ1) is 19.0. The van der Waals surface area contributed by atoms with Crippen molar-refractivity contribution < 1.29 is 33.0 Å². The van der Waals surface area contributed by atoms with E-state index in [0.717, 1.165) is 0 Å². The third-order valence-electron chi connectivity index (χ3n) is 7.28. The second-order valence-electron chi connectivity index (χ2n) is 9.47. The van der Waals surface area contributed by atoms with Crippen molar-refractivity contribution >= 4 is 17.7 Å². The molecule has 0 bridgehead atoms. The lowest BCUT2D eigenvalue weighted by molar-refractivity contribution is -0.128. The normalized spacial score (nSPS) is 18.2. The van der Waals surface area contributed by atoms with Crippen LogP contribution in [-0.4, -0.2) is 73.2 Å². The van der Waals surface area contributed by atoms with Crippen LogP contribution in [0.25, 0.3) is 0 Å². The molecule has 0 radical (unpaired) electrons. The molecule has 10 nitrogen and oxygen atoms in total. The van der Waals surface area contributed by atoms with Crippen LogP contribution in [0.5, 0.6) is 11.5 Å². The van der Waals surface area contributed by atoms with E-state index in [9.17, 15) is 14.4 Å². The Bertz CT molecular complexity index is 1320. The second kappa shape index (κ2) is 11.2. The summed E-state index contributed by atoms with van der Waals surface area (Å²) in [6.07, 6.45) is 2.27. The number of hydrogen-bond acceptors (Lipinski definition) is 7. The van der Waals surface area contributed by atoms with Crippen molar-refractivity contribution in [3.05, 3.63) is 83.8 Å². The molecule has 0 saturated carbocycles. The van der Waals surface area contributed by atoms with Crippen molar-refractivity contribution in [2.75, 3.05) is 33.9 Å². The largest absolute Gasteiger partial charge is 0.493 e. The van der Waals surface area contributed by atoms with Crippen LogP contribution in [0.3, 0.4) is 0 Å². The molecule has 1 spiro atoms. The molecule has 1 atom stereocenters. The van der Waals surface area contributed by atoms with Gasteiger partial charge in [-0.05, 0) is 42.5 Å². The summed E-state index contributed by atoms with van der Waals surface area (Å²) in [4.78, 5) is 43.7. The monoisotopic (exact) mass is 533 g/mol. The Kier molecular flexibility index (Phi) is 7.56. The fourth-order valence-corrected chi connectivity index (χ4v) is 5.20. The second-order valence-corrected chi connectivity index (χ2v) is 9.47. The number of piperidine rings is 1. The number of amides is 3. The number of likely N-dealkylation sites (tertiary alicyclic amines) is 1. The number of carbonyl (C=O) groups is 3. The van der Waals surface area contributed by atoms with E-state index in [1.165, 1.54) is 20.5 Å². The Morgan fingerprint density at radius 3 is 2.33 bits per heavy atom. The van der Waals surface area contributed by atoms with Crippen LogP contribution in [0.1, 0.15) is 39.3 Å². The van der Waals surface area contributed by atoms with Crippen LogP contribution in [0.2, 0.25) is 0 Å². The Labute approximate surface area is 226 Å². The van der Waals surface area contributed by atoms with Crippen molar-refractivity contribution in [3.8, 4) is 11.5 Å². The maximum atomic E-state index is 13.8. The lowest BCUT2D eigenvalue weighted by Crippen LogP contribution is -2.59. The first-order valence-electron chi connectivity index (χ1n) is 12.8. The molecule has 2 aromatic carbocycles. The molecule has 3 amide bonds. The standard InChI is InChI=1S/C29H31N3O7/c1-36-24-11-10-21(17-25(24)37-2)27(34)31-14-12-29(13-15-31)32(28(35)20-7-4-3-5-8-20)23(19-39-29)26(33)30-18-22-9-6-16-38-22/h3-11,16-17,23H,12-15,18-19H2,1-2H3,(H,30,33)/t23-/m1/s1. The van der Waals surface area contributed by atoms with Gasteiger partial charge in [0.05, 0.1) is 33.6 Å². The predicted molar refractivity (Wildman–Crippen MR) is 140 cm³/mol. The quantitative estimate of drug-likeness (QED) is 0.497. The van der Waals surface area contributed by atoms with Gasteiger partial charge in [0.1, 0.15) is 17.5 Å². The zero-order valence-electron chi connectivity index (χ0n) is 21.9. The Morgan fingerprint density at radius 2 is 1.67 bits per heavy atom. The highest BCUT2D eigenvalue weighted by Crippen LogP contribution is 2.39. The first-order valence-corrected chi connectivity index (χ1v) is 12.8. The van der Waals surface area contributed by atoms with Crippen molar-refractivity contribution in [1.82, 2.24) is 15.1 Å². The highest BCUT2D eigenvalue weighted by molar-refractivity contribution is 5.98. The number of carbonyl (C=O) groups excluding carboxylic acids is 3. The minimum atomic E-state index is -1.01. The van der Waals surface area contributed by atoms with E-state index >= 15 is 0 Å². The van der Waals surface area contributed by atoms with Crippen molar-refractivity contribution in [1.29, 1.82) is 0 Å². The van der Waals surface area contributed by atoms with Crippen molar-refractivity contribution in [2.45, 2.75) is 31.2 Å². The molecule has 1 N–H and O–H groups in total. The average molecular weight is 534 g/mol. The molecule has 1 aromatic heterocycles. The molecule has 0 unspecified atom stereocenters. The van der Waals surface area contributed by atoms with Crippen LogP contribution >= 0.6 is 0 Å². The minimum absolute atomic E-state index is 0.0617. The molecule has 204 valence electrons. The molecule has 0 aliphatic carbocycles. The average Bonchev–Trinajstić information content (AvgIpc) is 3.64. The summed E-state index contributed by atoms with van der Waals surface area (Å²) in [5.74, 6) is 0.858. The number of benzene rings is 2. The van der Waals surface area contributed by atoms with E-state index < -0.39 is 11.8 Å². The number of nitrogens with zero attached hydrogens (tertiary/aromatic N) is 2. The van der Waals surface area contributed by atoms with Gasteiger partial charge in [-0.15, -0.1) is 0 Å². The van der Waals surface area contributed by atoms with E-state index in [0.29, 0.717) is 54.3 Å². The molecular weight excluding hydrogens is 502 g/mol. The zero-order valence-corrected chi connectivity index (χ0v) is 21.9. The molecule has 2 aliphatic heterocycles. The van der Waals surface area contributed by atoms with Crippen LogP contribution < -0.4 is 14.8 Å². The Balaban J connectivity index is 1.34. The van der Waals surface area contributed by atoms with Gasteiger partial charge < -0.3 is 28.8 Å². The predicted octanol–water partition coefficient (Wildman–Crippen LogP) is 3.09. The van der Waals surface area contributed by atoms with Crippen molar-refractivity contribution in [2.24, 2.45) is 0 Å². The first kappa shape index (κ1) is 26.3. The summed E-state index contributed by atoms with van der Waals surface area (Å²) < 4.78 is 22.2. The van der Waals surface area contributed by atoms with Gasteiger partial charge in [0, 0.05) is 37.1 Å². The van der Waals surface area contributed by atoms with Gasteiger partial charge in [-0.2, -0.15) is 0 Å². The molecule has 2 aliphatic rings. The Morgan fingerprint density at radius 1 is 0.923 bits per heavy atom. The summed E-state index contributed by atoms with van der Waals surface area (Å²) in [5, 5.41) is 2.86. The number of hydrogen-bond donors (Lipinski definition) is 1. The maximum absolute atomic E-state index is 13.8. The van der Waals surface area contributed by atoms with E-state index in [1.807, 2.05) is 6.07 Å². The fourth-order valence-electron chi connectivity index (χ4n) is 5.20. The van der Waals surface area contributed by atoms with Crippen molar-refractivity contribution in [3.63, 3.8) is 0 Å². The third-order valence-corrected chi connectivity index (χ3v) is 7.28. The van der Waals surface area contributed by atoms with E-state index in [2.05, 4.69) is 5.32 Å². The van der Waals surface area contributed by atoms with Crippen LogP contribution in [-0.2, 0) is 16.1 Å². The third kappa shape index (κ3) is 5.20. The zero-order chi connectivity index (χ0) is 27.4. The van der Waals surface area contributed by atoms with E-state index in [4.69, 9.17) is 18.6 Å². The number of methoxy groups -OCH3 is 2. The summed E-state index contributed by atoms with van der Waals surface area (Å²) in [7, 11) is 3.06. The molecule has 39 heavy (non-hydrogen) atoms. The van der Waals surface area contributed by atoms with Crippen LogP contribution in [0, 0.1) is 0 Å². The molecule has 2 saturated heterocycles. The molecule has 3 heterocycles.